The molecule has 0 aromatic rings. The molecule has 0 amide bonds. The van der Waals surface area contributed by atoms with Gasteiger partial charge >= 0.3 is 0 Å². The fraction of sp³-hybridized carbons (Fsp3) is 1.00. The Labute approximate surface area is 95.8 Å². The van der Waals surface area contributed by atoms with Crippen molar-refractivity contribution < 1.29 is 4.74 Å². The zero-order valence-corrected chi connectivity index (χ0v) is 11.4. The lowest BCUT2D eigenvalue weighted by molar-refractivity contribution is -0.0678. The number of rotatable bonds is 8. The highest BCUT2D eigenvalue weighted by Gasteiger charge is 2.18. The highest BCUT2D eigenvalue weighted by Crippen LogP contribution is 2.17. The van der Waals surface area contributed by atoms with Gasteiger partial charge in [-0.05, 0) is 52.6 Å². The molecule has 2 heteroatoms. The van der Waals surface area contributed by atoms with Crippen molar-refractivity contribution in [1.82, 2.24) is 5.32 Å². The van der Waals surface area contributed by atoms with Crippen molar-refractivity contribution in [2.45, 2.75) is 66.1 Å². The van der Waals surface area contributed by atoms with Gasteiger partial charge in [0.1, 0.15) is 0 Å². The molecule has 0 aromatic heterocycles. The number of hydrogen-bond donors (Lipinski definition) is 1. The second-order valence-electron chi connectivity index (χ2n) is 5.43. The standard InChI is InChI=1S/C13H29NO/c1-7-13(5,6)15-12(4)8-9-14-10-11(2)3/h11-12,14H,7-10H2,1-6H3. The zero-order valence-electron chi connectivity index (χ0n) is 11.4. The van der Waals surface area contributed by atoms with Crippen molar-refractivity contribution in [1.29, 1.82) is 0 Å². The van der Waals surface area contributed by atoms with E-state index in [9.17, 15) is 0 Å². The third-order valence-electron chi connectivity index (χ3n) is 2.65. The minimum absolute atomic E-state index is 0.0253. The van der Waals surface area contributed by atoms with E-state index in [1.165, 1.54) is 0 Å². The molecule has 0 aromatic carbocycles. The molecule has 92 valence electrons. The van der Waals surface area contributed by atoms with Gasteiger partial charge in [-0.1, -0.05) is 20.8 Å². The van der Waals surface area contributed by atoms with E-state index in [2.05, 4.69) is 46.9 Å². The third-order valence-corrected chi connectivity index (χ3v) is 2.65. The molecule has 15 heavy (non-hydrogen) atoms. The van der Waals surface area contributed by atoms with Gasteiger partial charge in [-0.15, -0.1) is 0 Å². The van der Waals surface area contributed by atoms with Crippen LogP contribution in [0.15, 0.2) is 0 Å². The van der Waals surface area contributed by atoms with Crippen molar-refractivity contribution in [3.8, 4) is 0 Å². The molecule has 0 aliphatic rings. The highest BCUT2D eigenvalue weighted by atomic mass is 16.5. The summed E-state index contributed by atoms with van der Waals surface area (Å²) in [5, 5.41) is 3.44. The summed E-state index contributed by atoms with van der Waals surface area (Å²) >= 11 is 0. The van der Waals surface area contributed by atoms with Crippen molar-refractivity contribution >= 4 is 0 Å². The second-order valence-corrected chi connectivity index (χ2v) is 5.43. The van der Waals surface area contributed by atoms with E-state index in [1.54, 1.807) is 0 Å². The van der Waals surface area contributed by atoms with Gasteiger partial charge < -0.3 is 10.1 Å². The molecule has 0 saturated carbocycles. The first kappa shape index (κ1) is 14.9. The fourth-order valence-electron chi connectivity index (χ4n) is 1.38. The van der Waals surface area contributed by atoms with Gasteiger partial charge in [-0.3, -0.25) is 0 Å². The van der Waals surface area contributed by atoms with Crippen molar-refractivity contribution in [2.75, 3.05) is 13.1 Å². The maximum atomic E-state index is 5.95. The van der Waals surface area contributed by atoms with Gasteiger partial charge in [0.15, 0.2) is 0 Å². The van der Waals surface area contributed by atoms with Crippen LogP contribution < -0.4 is 5.32 Å². The van der Waals surface area contributed by atoms with Gasteiger partial charge in [0.05, 0.1) is 11.7 Å². The quantitative estimate of drug-likeness (QED) is 0.628. The van der Waals surface area contributed by atoms with Gasteiger partial charge in [0.25, 0.3) is 0 Å². The van der Waals surface area contributed by atoms with E-state index in [0.29, 0.717) is 6.10 Å². The van der Waals surface area contributed by atoms with Crippen molar-refractivity contribution in [3.63, 3.8) is 0 Å². The molecule has 1 atom stereocenters. The molecule has 0 spiro atoms. The summed E-state index contributed by atoms with van der Waals surface area (Å²) in [6, 6.07) is 0. The second kappa shape index (κ2) is 7.24. The Kier molecular flexibility index (Phi) is 7.20. The van der Waals surface area contributed by atoms with E-state index >= 15 is 0 Å². The topological polar surface area (TPSA) is 21.3 Å². The first-order valence-corrected chi connectivity index (χ1v) is 6.26. The number of ether oxygens (including phenoxy) is 1. The smallest absolute Gasteiger partial charge is 0.0627 e. The first-order chi connectivity index (χ1) is 6.87. The number of nitrogens with one attached hydrogen (secondary N) is 1. The monoisotopic (exact) mass is 215 g/mol. The van der Waals surface area contributed by atoms with Gasteiger partial charge in [0, 0.05) is 0 Å². The van der Waals surface area contributed by atoms with E-state index in [1.807, 2.05) is 0 Å². The maximum Gasteiger partial charge on any atom is 0.0627 e. The van der Waals surface area contributed by atoms with Gasteiger partial charge in [-0.25, -0.2) is 0 Å². The maximum absolute atomic E-state index is 5.95. The van der Waals surface area contributed by atoms with Crippen LogP contribution in [0.1, 0.15) is 54.4 Å². The molecule has 0 saturated heterocycles. The zero-order chi connectivity index (χ0) is 11.9. The Balaban J connectivity index is 3.53. The molecule has 0 aliphatic heterocycles. The lowest BCUT2D eigenvalue weighted by Crippen LogP contribution is -2.31. The molecular formula is C13H29NO. The van der Waals surface area contributed by atoms with E-state index < -0.39 is 0 Å². The Bertz CT molecular complexity index is 155. The largest absolute Gasteiger partial charge is 0.373 e. The highest BCUT2D eigenvalue weighted by molar-refractivity contribution is 4.68. The van der Waals surface area contributed by atoms with E-state index in [0.717, 1.165) is 31.8 Å². The van der Waals surface area contributed by atoms with Crippen LogP contribution in [0.4, 0.5) is 0 Å². The van der Waals surface area contributed by atoms with Crippen molar-refractivity contribution in [3.05, 3.63) is 0 Å². The average molecular weight is 215 g/mol. The van der Waals surface area contributed by atoms with Crippen LogP contribution >= 0.6 is 0 Å². The Morgan fingerprint density at radius 3 is 2.27 bits per heavy atom. The van der Waals surface area contributed by atoms with Gasteiger partial charge in [0.2, 0.25) is 0 Å². The summed E-state index contributed by atoms with van der Waals surface area (Å²) in [6.07, 6.45) is 2.51. The summed E-state index contributed by atoms with van der Waals surface area (Å²) in [5.41, 5.74) is 0.0253. The lowest BCUT2D eigenvalue weighted by Gasteiger charge is -2.28. The minimum atomic E-state index is 0.0253. The van der Waals surface area contributed by atoms with Crippen LogP contribution in [0.3, 0.4) is 0 Å². The molecule has 1 N–H and O–H groups in total. The minimum Gasteiger partial charge on any atom is -0.373 e. The van der Waals surface area contributed by atoms with Crippen LogP contribution in [0.25, 0.3) is 0 Å². The summed E-state index contributed by atoms with van der Waals surface area (Å²) in [5.74, 6) is 0.730. The lowest BCUT2D eigenvalue weighted by atomic mass is 10.1. The molecule has 0 rings (SSSR count). The normalized spacial score (nSPS) is 14.6. The van der Waals surface area contributed by atoms with E-state index in [-0.39, 0.29) is 5.60 Å². The molecule has 0 fully saturated rings. The molecule has 0 heterocycles. The van der Waals surface area contributed by atoms with E-state index in [4.69, 9.17) is 4.74 Å². The molecule has 1 unspecified atom stereocenters. The summed E-state index contributed by atoms with van der Waals surface area (Å²) in [6.45, 7) is 15.3. The van der Waals surface area contributed by atoms with Crippen LogP contribution in [0.5, 0.6) is 0 Å². The van der Waals surface area contributed by atoms with Gasteiger partial charge in [-0.2, -0.15) is 0 Å². The number of hydrogen-bond acceptors (Lipinski definition) is 2. The SMILES string of the molecule is CCC(C)(C)OC(C)CCNCC(C)C. The summed E-state index contributed by atoms with van der Waals surface area (Å²) < 4.78 is 5.95. The van der Waals surface area contributed by atoms with Crippen LogP contribution in [-0.4, -0.2) is 24.8 Å². The average Bonchev–Trinajstić information content (AvgIpc) is 2.11. The Morgan fingerprint density at radius 2 is 1.80 bits per heavy atom. The molecule has 0 radical (unpaired) electrons. The van der Waals surface area contributed by atoms with Crippen LogP contribution in [0, 0.1) is 5.92 Å². The summed E-state index contributed by atoms with van der Waals surface area (Å²) in [4.78, 5) is 0. The Morgan fingerprint density at radius 1 is 1.20 bits per heavy atom. The third kappa shape index (κ3) is 8.88. The molecule has 0 bridgehead atoms. The predicted octanol–water partition coefficient (Wildman–Crippen LogP) is 3.22. The van der Waals surface area contributed by atoms with Crippen LogP contribution in [-0.2, 0) is 4.74 Å². The fourth-order valence-corrected chi connectivity index (χ4v) is 1.38. The molecule has 0 aliphatic carbocycles. The predicted molar refractivity (Wildman–Crippen MR) is 67.2 cm³/mol. The molecule has 2 nitrogen and oxygen atoms in total. The van der Waals surface area contributed by atoms with Crippen LogP contribution in [0.2, 0.25) is 0 Å². The first-order valence-electron chi connectivity index (χ1n) is 6.26. The summed E-state index contributed by atoms with van der Waals surface area (Å²) in [7, 11) is 0. The molecular weight excluding hydrogens is 186 g/mol. The Hall–Kier alpha value is -0.0800. The van der Waals surface area contributed by atoms with Crippen molar-refractivity contribution in [2.24, 2.45) is 5.92 Å².